The minimum Gasteiger partial charge on any atom is -0.494 e. The minimum absolute atomic E-state index is 0.0223. The van der Waals surface area contributed by atoms with Crippen LogP contribution in [0.1, 0.15) is 18.9 Å². The van der Waals surface area contributed by atoms with Crippen molar-refractivity contribution in [2.75, 3.05) is 38.1 Å². The number of hydrogen-bond donors (Lipinski definition) is 1. The number of likely N-dealkylation sites (tertiary alicyclic amines) is 1. The van der Waals surface area contributed by atoms with Crippen LogP contribution in [0.15, 0.2) is 30.4 Å². The second-order valence-electron chi connectivity index (χ2n) is 6.16. The summed E-state index contributed by atoms with van der Waals surface area (Å²) in [5, 5.41) is 2.99. The predicted molar refractivity (Wildman–Crippen MR) is 92.1 cm³/mol. The van der Waals surface area contributed by atoms with Crippen LogP contribution in [0, 0.1) is 6.92 Å². The highest BCUT2D eigenvalue weighted by molar-refractivity contribution is 5.89. The monoisotopic (exact) mass is 315 g/mol. The average molecular weight is 315 g/mol. The Kier molecular flexibility index (Phi) is 4.86. The van der Waals surface area contributed by atoms with Gasteiger partial charge in [-0.15, -0.1) is 0 Å². The van der Waals surface area contributed by atoms with Gasteiger partial charge < -0.3 is 15.0 Å². The average Bonchev–Trinajstić information content (AvgIpc) is 3.21. The van der Waals surface area contributed by atoms with Crippen molar-refractivity contribution in [2.45, 2.75) is 26.3 Å². The second-order valence-corrected chi connectivity index (χ2v) is 6.16. The Hall–Kier alpha value is -2.01. The number of ether oxygens (including phenoxy) is 1. The molecule has 0 bridgehead atoms. The number of anilines is 1. The minimum atomic E-state index is -0.0223. The first kappa shape index (κ1) is 15.9. The van der Waals surface area contributed by atoms with E-state index in [1.165, 1.54) is 0 Å². The number of carbonyl (C=O) groups is 1. The molecule has 0 saturated carbocycles. The molecule has 1 saturated heterocycles. The highest BCUT2D eigenvalue weighted by Crippen LogP contribution is 2.24. The van der Waals surface area contributed by atoms with Crippen molar-refractivity contribution < 1.29 is 9.53 Å². The van der Waals surface area contributed by atoms with Crippen LogP contribution in [-0.4, -0.2) is 54.7 Å². The number of benzene rings is 1. The molecule has 0 unspecified atom stereocenters. The lowest BCUT2D eigenvalue weighted by Gasteiger charge is -2.23. The molecule has 2 heterocycles. The lowest BCUT2D eigenvalue weighted by atomic mass is 10.2. The summed E-state index contributed by atoms with van der Waals surface area (Å²) >= 11 is 0. The Morgan fingerprint density at radius 1 is 1.35 bits per heavy atom. The van der Waals surface area contributed by atoms with E-state index in [4.69, 9.17) is 4.74 Å². The topological polar surface area (TPSA) is 44.8 Å². The molecule has 0 spiro atoms. The lowest BCUT2D eigenvalue weighted by molar-refractivity contribution is 0.212. The van der Waals surface area contributed by atoms with E-state index in [-0.39, 0.29) is 6.03 Å². The molecule has 23 heavy (non-hydrogen) atoms. The third-order valence-corrected chi connectivity index (χ3v) is 4.55. The van der Waals surface area contributed by atoms with Gasteiger partial charge in [-0.05, 0) is 31.9 Å². The molecule has 2 aliphatic rings. The number of rotatable bonds is 4. The molecule has 2 amide bonds. The summed E-state index contributed by atoms with van der Waals surface area (Å²) in [4.78, 5) is 16.8. The summed E-state index contributed by atoms with van der Waals surface area (Å²) in [6.07, 6.45) is 5.45. The molecule has 5 heteroatoms. The van der Waals surface area contributed by atoms with Gasteiger partial charge in [0.1, 0.15) is 5.75 Å². The fraction of sp³-hybridized carbons (Fsp3) is 0.500. The zero-order valence-corrected chi connectivity index (χ0v) is 13.9. The van der Waals surface area contributed by atoms with Gasteiger partial charge in [-0.2, -0.15) is 0 Å². The molecule has 5 nitrogen and oxygen atoms in total. The fourth-order valence-corrected chi connectivity index (χ4v) is 3.21. The van der Waals surface area contributed by atoms with Crippen molar-refractivity contribution in [3.63, 3.8) is 0 Å². The van der Waals surface area contributed by atoms with Crippen LogP contribution >= 0.6 is 0 Å². The Bertz CT molecular complexity index is 592. The van der Waals surface area contributed by atoms with Crippen LogP contribution in [-0.2, 0) is 0 Å². The van der Waals surface area contributed by atoms with Crippen LogP contribution in [0.5, 0.6) is 5.75 Å². The number of amides is 2. The molecule has 1 fully saturated rings. The van der Waals surface area contributed by atoms with Crippen LogP contribution in [0.4, 0.5) is 10.5 Å². The quantitative estimate of drug-likeness (QED) is 0.869. The Morgan fingerprint density at radius 3 is 2.87 bits per heavy atom. The van der Waals surface area contributed by atoms with E-state index in [0.717, 1.165) is 49.6 Å². The van der Waals surface area contributed by atoms with Gasteiger partial charge in [-0.1, -0.05) is 18.2 Å². The van der Waals surface area contributed by atoms with Gasteiger partial charge in [0.25, 0.3) is 0 Å². The van der Waals surface area contributed by atoms with E-state index in [9.17, 15) is 4.79 Å². The van der Waals surface area contributed by atoms with Gasteiger partial charge in [0.2, 0.25) is 0 Å². The van der Waals surface area contributed by atoms with E-state index in [0.29, 0.717) is 12.6 Å². The van der Waals surface area contributed by atoms with Crippen molar-refractivity contribution in [1.29, 1.82) is 0 Å². The molecular formula is C18H25N3O2. The number of carbonyl (C=O) groups excluding carboxylic acids is 1. The first-order valence-electron chi connectivity index (χ1n) is 8.36. The van der Waals surface area contributed by atoms with E-state index in [1.54, 1.807) is 0 Å². The van der Waals surface area contributed by atoms with E-state index < -0.39 is 0 Å². The molecule has 1 atom stereocenters. The van der Waals surface area contributed by atoms with Gasteiger partial charge in [0.15, 0.2) is 0 Å². The maximum absolute atomic E-state index is 12.5. The van der Waals surface area contributed by atoms with Crippen molar-refractivity contribution >= 4 is 11.7 Å². The van der Waals surface area contributed by atoms with Gasteiger partial charge in [-0.25, -0.2) is 4.79 Å². The van der Waals surface area contributed by atoms with Crippen LogP contribution < -0.4 is 10.1 Å². The largest absolute Gasteiger partial charge is 0.494 e. The molecule has 0 aliphatic carbocycles. The molecule has 0 aromatic heterocycles. The summed E-state index contributed by atoms with van der Waals surface area (Å²) in [6, 6.07) is 6.25. The SMILES string of the molecule is CCOc1cc(NC(=O)N2CC[C@@H](N3CC=CC3)C2)ccc1C. The van der Waals surface area contributed by atoms with Gasteiger partial charge in [-0.3, -0.25) is 4.90 Å². The third kappa shape index (κ3) is 3.67. The maximum atomic E-state index is 12.5. The molecular weight excluding hydrogens is 290 g/mol. The van der Waals surface area contributed by atoms with Gasteiger partial charge in [0.05, 0.1) is 6.61 Å². The summed E-state index contributed by atoms with van der Waals surface area (Å²) < 4.78 is 5.59. The van der Waals surface area contributed by atoms with E-state index in [2.05, 4.69) is 22.4 Å². The summed E-state index contributed by atoms with van der Waals surface area (Å²) in [7, 11) is 0. The number of nitrogens with zero attached hydrogens (tertiary/aromatic N) is 2. The lowest BCUT2D eigenvalue weighted by Crippen LogP contribution is -2.38. The first-order chi connectivity index (χ1) is 11.2. The molecule has 1 aromatic carbocycles. The Morgan fingerprint density at radius 2 is 2.13 bits per heavy atom. The predicted octanol–water partition coefficient (Wildman–Crippen LogP) is 2.87. The van der Waals surface area contributed by atoms with E-state index >= 15 is 0 Å². The molecule has 2 aliphatic heterocycles. The summed E-state index contributed by atoms with van der Waals surface area (Å²) in [5.74, 6) is 0.827. The van der Waals surface area contributed by atoms with Crippen LogP contribution in [0.3, 0.4) is 0 Å². The standard InChI is InChI=1S/C18H25N3O2/c1-3-23-17-12-15(7-6-14(17)2)19-18(22)21-11-8-16(13-21)20-9-4-5-10-20/h4-7,12,16H,3,8-11,13H2,1-2H3,(H,19,22)/t16-/m1/s1. The number of hydrogen-bond acceptors (Lipinski definition) is 3. The smallest absolute Gasteiger partial charge is 0.321 e. The van der Waals surface area contributed by atoms with Crippen molar-refractivity contribution in [3.8, 4) is 5.75 Å². The first-order valence-corrected chi connectivity index (χ1v) is 8.36. The van der Waals surface area contributed by atoms with Crippen LogP contribution in [0.2, 0.25) is 0 Å². The van der Waals surface area contributed by atoms with Crippen molar-refractivity contribution in [2.24, 2.45) is 0 Å². The summed E-state index contributed by atoms with van der Waals surface area (Å²) in [6.45, 7) is 8.23. The number of nitrogens with one attached hydrogen (secondary N) is 1. The van der Waals surface area contributed by atoms with Crippen LogP contribution in [0.25, 0.3) is 0 Å². The maximum Gasteiger partial charge on any atom is 0.321 e. The number of aryl methyl sites for hydroxylation is 1. The molecule has 0 radical (unpaired) electrons. The van der Waals surface area contributed by atoms with Gasteiger partial charge >= 0.3 is 6.03 Å². The van der Waals surface area contributed by atoms with Gasteiger partial charge in [0, 0.05) is 44.0 Å². The molecule has 124 valence electrons. The van der Waals surface area contributed by atoms with Crippen molar-refractivity contribution in [1.82, 2.24) is 9.80 Å². The highest BCUT2D eigenvalue weighted by Gasteiger charge is 2.30. The summed E-state index contributed by atoms with van der Waals surface area (Å²) in [5.41, 5.74) is 1.86. The Balaban J connectivity index is 1.58. The zero-order valence-electron chi connectivity index (χ0n) is 13.9. The van der Waals surface area contributed by atoms with Crippen molar-refractivity contribution in [3.05, 3.63) is 35.9 Å². The zero-order chi connectivity index (χ0) is 16.2. The third-order valence-electron chi connectivity index (χ3n) is 4.55. The molecule has 3 rings (SSSR count). The molecule has 1 aromatic rings. The Labute approximate surface area is 137 Å². The van der Waals surface area contributed by atoms with E-state index in [1.807, 2.05) is 36.9 Å². The second kappa shape index (κ2) is 7.04. The fourth-order valence-electron chi connectivity index (χ4n) is 3.21. The normalized spacial score (nSPS) is 21.0. The highest BCUT2D eigenvalue weighted by atomic mass is 16.5. The number of urea groups is 1. The molecule has 1 N–H and O–H groups in total.